The Hall–Kier alpha value is -4.43. The van der Waals surface area contributed by atoms with E-state index in [1.165, 1.54) is 66.2 Å². The summed E-state index contributed by atoms with van der Waals surface area (Å²) >= 11 is 0. The number of piperazine rings is 1. The average molecular weight is 587 g/mol. The number of nitrogens with zero attached hydrogens (tertiary/aromatic N) is 3. The van der Waals surface area contributed by atoms with Crippen LogP contribution < -0.4 is 10.2 Å². The van der Waals surface area contributed by atoms with Crippen molar-refractivity contribution >= 4 is 18.3 Å². The highest BCUT2D eigenvalue weighted by atomic mass is 19.1. The van der Waals surface area contributed by atoms with E-state index in [-0.39, 0.29) is 5.82 Å². The molecule has 1 fully saturated rings. The summed E-state index contributed by atoms with van der Waals surface area (Å²) in [5.41, 5.74) is 1.70. The van der Waals surface area contributed by atoms with Gasteiger partial charge in [-0.1, -0.05) is 60.2 Å². The van der Waals surface area contributed by atoms with E-state index >= 15 is 0 Å². The lowest BCUT2D eigenvalue weighted by Crippen LogP contribution is -2.48. The van der Waals surface area contributed by atoms with Gasteiger partial charge in [0.05, 0.1) is 0 Å². The lowest BCUT2D eigenvalue weighted by Gasteiger charge is -2.36. The number of benzene rings is 4. The molecule has 43 heavy (non-hydrogen) atoms. The number of aryl methyl sites for hydroxylation is 1. The Morgan fingerprint density at radius 1 is 0.767 bits per heavy atom. The maximum Gasteiger partial charge on any atom is 0.257 e. The van der Waals surface area contributed by atoms with Crippen molar-refractivity contribution in [3.63, 3.8) is 0 Å². The number of carbonyl (C=O) groups excluding carboxylic acids is 1. The second-order valence-electron chi connectivity index (χ2n) is 10.5. The van der Waals surface area contributed by atoms with Crippen LogP contribution in [0.25, 0.3) is 0 Å². The fourth-order valence-electron chi connectivity index (χ4n) is 5.11. The van der Waals surface area contributed by atoms with Crippen molar-refractivity contribution in [2.75, 3.05) is 44.2 Å². The second kappa shape index (κ2) is 15.2. The zero-order valence-electron chi connectivity index (χ0n) is 24.4. The third kappa shape index (κ3) is 8.32. The highest BCUT2D eigenvalue weighted by Gasteiger charge is 2.41. The Morgan fingerprint density at radius 2 is 1.26 bits per heavy atom. The van der Waals surface area contributed by atoms with Crippen molar-refractivity contribution in [1.29, 1.82) is 0 Å². The first-order chi connectivity index (χ1) is 20.8. The second-order valence-corrected chi connectivity index (χ2v) is 10.5. The summed E-state index contributed by atoms with van der Waals surface area (Å²) in [6.45, 7) is 10.4. The van der Waals surface area contributed by atoms with Crippen molar-refractivity contribution in [1.82, 2.24) is 10.2 Å². The monoisotopic (exact) mass is 586 g/mol. The van der Waals surface area contributed by atoms with E-state index in [0.29, 0.717) is 17.7 Å². The molecule has 1 heterocycles. The number of rotatable bonds is 9. The number of nitrogens with one attached hydrogen (secondary N) is 1. The molecule has 1 saturated heterocycles. The summed E-state index contributed by atoms with van der Waals surface area (Å²) in [5, 5.41) is 2.95. The highest BCUT2D eigenvalue weighted by molar-refractivity contribution is 5.92. The van der Waals surface area contributed by atoms with Crippen LogP contribution in [-0.4, -0.2) is 56.8 Å². The SMILES string of the molecule is C=NC(C(=O)NCCCN1CCN(c2ccc(F)cc2)CC1)(c1ccc(F)cc1)c1ccc(F)cc1.Cc1ccccc1. The van der Waals surface area contributed by atoms with Crippen LogP contribution in [0.2, 0.25) is 0 Å². The molecule has 1 aliphatic heterocycles. The van der Waals surface area contributed by atoms with Gasteiger partial charge in [-0.2, -0.15) is 0 Å². The van der Waals surface area contributed by atoms with Crippen LogP contribution in [0.1, 0.15) is 23.1 Å². The molecule has 0 unspecified atom stereocenters. The van der Waals surface area contributed by atoms with Crippen molar-refractivity contribution in [2.45, 2.75) is 18.9 Å². The number of hydrogen-bond donors (Lipinski definition) is 1. The number of amides is 1. The molecular formula is C35H37F3N4O. The van der Waals surface area contributed by atoms with Crippen LogP contribution in [-0.2, 0) is 10.3 Å². The molecule has 0 radical (unpaired) electrons. The molecule has 0 bridgehead atoms. The Morgan fingerprint density at radius 3 is 1.70 bits per heavy atom. The maximum absolute atomic E-state index is 13.6. The van der Waals surface area contributed by atoms with Gasteiger partial charge in [-0.05, 0) is 86.3 Å². The van der Waals surface area contributed by atoms with Gasteiger partial charge in [0.1, 0.15) is 17.5 Å². The molecule has 0 spiro atoms. The van der Waals surface area contributed by atoms with Crippen LogP contribution in [0.3, 0.4) is 0 Å². The molecule has 8 heteroatoms. The number of halogens is 3. The fraction of sp³-hybridized carbons (Fsp3) is 0.257. The van der Waals surface area contributed by atoms with Crippen molar-refractivity contribution < 1.29 is 18.0 Å². The van der Waals surface area contributed by atoms with Crippen LogP contribution >= 0.6 is 0 Å². The molecule has 0 atom stereocenters. The Kier molecular flexibility index (Phi) is 11.1. The largest absolute Gasteiger partial charge is 0.369 e. The highest BCUT2D eigenvalue weighted by Crippen LogP contribution is 2.34. The van der Waals surface area contributed by atoms with Gasteiger partial charge in [-0.15, -0.1) is 0 Å². The molecule has 5 nitrogen and oxygen atoms in total. The minimum Gasteiger partial charge on any atom is -0.369 e. The summed E-state index contributed by atoms with van der Waals surface area (Å²) in [4.78, 5) is 22.2. The predicted octanol–water partition coefficient (Wildman–Crippen LogP) is 6.37. The third-order valence-corrected chi connectivity index (χ3v) is 7.53. The Labute approximate surface area is 251 Å². The first-order valence-corrected chi connectivity index (χ1v) is 14.3. The van der Waals surface area contributed by atoms with Crippen molar-refractivity contribution in [3.05, 3.63) is 137 Å². The van der Waals surface area contributed by atoms with Gasteiger partial charge in [-0.3, -0.25) is 14.7 Å². The molecule has 4 aromatic carbocycles. The summed E-state index contributed by atoms with van der Waals surface area (Å²) < 4.78 is 40.3. The molecule has 0 aliphatic carbocycles. The van der Waals surface area contributed by atoms with Gasteiger partial charge in [-0.25, -0.2) is 13.2 Å². The van der Waals surface area contributed by atoms with Crippen LogP contribution in [0.4, 0.5) is 18.9 Å². The van der Waals surface area contributed by atoms with Gasteiger partial charge < -0.3 is 10.2 Å². The van der Waals surface area contributed by atoms with Crippen molar-refractivity contribution in [2.24, 2.45) is 4.99 Å². The molecule has 4 aromatic rings. The molecular weight excluding hydrogens is 549 g/mol. The lowest BCUT2D eigenvalue weighted by molar-refractivity contribution is -0.125. The van der Waals surface area contributed by atoms with Gasteiger partial charge in [0.15, 0.2) is 5.54 Å². The van der Waals surface area contributed by atoms with Crippen LogP contribution in [0, 0.1) is 24.4 Å². The van der Waals surface area contributed by atoms with E-state index in [1.807, 2.05) is 18.2 Å². The van der Waals surface area contributed by atoms with E-state index in [9.17, 15) is 18.0 Å². The maximum atomic E-state index is 13.6. The summed E-state index contributed by atoms with van der Waals surface area (Å²) in [6.07, 6.45) is 0.725. The van der Waals surface area contributed by atoms with Gasteiger partial charge in [0, 0.05) is 38.4 Å². The minimum absolute atomic E-state index is 0.242. The topological polar surface area (TPSA) is 47.9 Å². The number of hydrogen-bond acceptors (Lipinski definition) is 4. The number of anilines is 1. The third-order valence-electron chi connectivity index (χ3n) is 7.53. The molecule has 0 saturated carbocycles. The summed E-state index contributed by atoms with van der Waals surface area (Å²) in [7, 11) is 0. The standard InChI is InChI=1S/C28H29F3N4O.C7H8/c1-32-28(21-3-7-23(29)8-4-21,22-5-9-24(30)10-6-22)27(36)33-15-2-16-34-17-19-35(20-18-34)26-13-11-25(31)12-14-26;1-7-5-3-2-4-6-7/h3-14H,1-2,15-20H2,(H,33,36);2-6H,1H3. The Bertz CT molecular complexity index is 1390. The van der Waals surface area contributed by atoms with Gasteiger partial charge in [0.25, 0.3) is 5.91 Å². The van der Waals surface area contributed by atoms with Crippen LogP contribution in [0.15, 0.2) is 108 Å². The quantitative estimate of drug-likeness (QED) is 0.183. The summed E-state index contributed by atoms with van der Waals surface area (Å²) in [6, 6.07) is 27.8. The van der Waals surface area contributed by atoms with Gasteiger partial charge >= 0.3 is 0 Å². The van der Waals surface area contributed by atoms with E-state index in [4.69, 9.17) is 0 Å². The number of aliphatic imine (C=N–C) groups is 1. The smallest absolute Gasteiger partial charge is 0.257 e. The van der Waals surface area contributed by atoms with Crippen LogP contribution in [0.5, 0.6) is 0 Å². The molecule has 1 aliphatic rings. The molecule has 224 valence electrons. The molecule has 5 rings (SSSR count). The normalized spacial score (nSPS) is 13.5. The molecule has 1 N–H and O–H groups in total. The van der Waals surface area contributed by atoms with E-state index in [0.717, 1.165) is 44.8 Å². The predicted molar refractivity (Wildman–Crippen MR) is 167 cm³/mol. The fourth-order valence-corrected chi connectivity index (χ4v) is 5.11. The zero-order valence-corrected chi connectivity index (χ0v) is 24.4. The Balaban J connectivity index is 0.000000530. The van der Waals surface area contributed by atoms with E-state index < -0.39 is 23.1 Å². The summed E-state index contributed by atoms with van der Waals surface area (Å²) in [5.74, 6) is -1.52. The zero-order chi connectivity index (χ0) is 30.7. The van der Waals surface area contributed by atoms with E-state index in [2.05, 4.69) is 45.9 Å². The lowest BCUT2D eigenvalue weighted by atomic mass is 9.82. The number of carbonyl (C=O) groups is 1. The van der Waals surface area contributed by atoms with E-state index in [1.54, 1.807) is 12.1 Å². The van der Waals surface area contributed by atoms with Gasteiger partial charge in [0.2, 0.25) is 0 Å². The molecule has 1 amide bonds. The first-order valence-electron chi connectivity index (χ1n) is 14.3. The van der Waals surface area contributed by atoms with Crippen molar-refractivity contribution in [3.8, 4) is 0 Å². The molecule has 0 aromatic heterocycles. The average Bonchev–Trinajstić information content (AvgIpc) is 3.03. The minimum atomic E-state index is -1.53. The first kappa shape index (κ1) is 31.5.